The van der Waals surface area contributed by atoms with Crippen molar-refractivity contribution in [1.82, 2.24) is 19.8 Å². The number of nitrogens with zero attached hydrogens (tertiary/aromatic N) is 4. The molecule has 158 valence electrons. The average Bonchev–Trinajstić information content (AvgIpc) is 3.28. The standard InChI is InChI=1S/C22H19F2N5O2/c1-28-12-18(15-4-2-3-5-19(15)28)17-10-26-7-6-16(17)21(31)27-11-20(30)29-13-22(23,24)8-14(29)9-25/h2-7,10,12,14H,8,11,13H2,1H3,(H,27,31). The number of rotatable bonds is 4. The van der Waals surface area contributed by atoms with E-state index in [9.17, 15) is 18.4 Å². The van der Waals surface area contributed by atoms with Crippen molar-refractivity contribution in [2.75, 3.05) is 13.1 Å². The molecule has 7 nitrogen and oxygen atoms in total. The van der Waals surface area contributed by atoms with E-state index in [1.807, 2.05) is 42.1 Å². The molecule has 31 heavy (non-hydrogen) atoms. The average molecular weight is 423 g/mol. The summed E-state index contributed by atoms with van der Waals surface area (Å²) in [6, 6.07) is 9.79. The monoisotopic (exact) mass is 423 g/mol. The van der Waals surface area contributed by atoms with Gasteiger partial charge in [-0.05, 0) is 12.1 Å². The van der Waals surface area contributed by atoms with Crippen molar-refractivity contribution in [2.45, 2.75) is 18.4 Å². The first-order valence-electron chi connectivity index (χ1n) is 9.64. The van der Waals surface area contributed by atoms with Crippen LogP contribution in [-0.4, -0.2) is 51.3 Å². The van der Waals surface area contributed by atoms with E-state index in [-0.39, 0.29) is 0 Å². The minimum Gasteiger partial charge on any atom is -0.350 e. The number of halogens is 2. The highest BCUT2D eigenvalue weighted by Gasteiger charge is 2.47. The molecule has 1 aromatic carbocycles. The molecule has 2 amide bonds. The summed E-state index contributed by atoms with van der Waals surface area (Å²) < 4.78 is 29.1. The number of hydrogen-bond donors (Lipinski definition) is 1. The molecule has 0 saturated carbocycles. The van der Waals surface area contributed by atoms with Crippen LogP contribution in [0.25, 0.3) is 22.0 Å². The van der Waals surface area contributed by atoms with Crippen LogP contribution in [0.5, 0.6) is 0 Å². The molecule has 3 aromatic rings. The maximum atomic E-state index is 13.6. The number of pyridine rings is 1. The summed E-state index contributed by atoms with van der Waals surface area (Å²) in [7, 11) is 1.90. The topological polar surface area (TPSA) is 91.0 Å². The summed E-state index contributed by atoms with van der Waals surface area (Å²) in [5.74, 6) is -4.36. The Morgan fingerprint density at radius 2 is 2.06 bits per heavy atom. The Bertz CT molecular complexity index is 1210. The molecule has 1 saturated heterocycles. The van der Waals surface area contributed by atoms with Crippen LogP contribution < -0.4 is 5.32 Å². The van der Waals surface area contributed by atoms with Gasteiger partial charge in [-0.1, -0.05) is 18.2 Å². The zero-order chi connectivity index (χ0) is 22.2. The lowest BCUT2D eigenvalue weighted by Gasteiger charge is -2.19. The Balaban J connectivity index is 1.56. The van der Waals surface area contributed by atoms with E-state index in [1.165, 1.54) is 6.20 Å². The predicted molar refractivity (Wildman–Crippen MR) is 109 cm³/mol. The van der Waals surface area contributed by atoms with Gasteiger partial charge in [0.05, 0.1) is 24.7 Å². The smallest absolute Gasteiger partial charge is 0.268 e. The van der Waals surface area contributed by atoms with Gasteiger partial charge in [-0.15, -0.1) is 0 Å². The van der Waals surface area contributed by atoms with Crippen LogP contribution in [0.15, 0.2) is 48.9 Å². The van der Waals surface area contributed by atoms with Gasteiger partial charge in [0.1, 0.15) is 6.04 Å². The van der Waals surface area contributed by atoms with Gasteiger partial charge in [0, 0.05) is 54.1 Å². The molecule has 1 fully saturated rings. The normalized spacial score (nSPS) is 17.5. The fourth-order valence-corrected chi connectivity index (χ4v) is 3.91. The highest BCUT2D eigenvalue weighted by Crippen LogP contribution is 2.33. The molecular weight excluding hydrogens is 404 g/mol. The van der Waals surface area contributed by atoms with E-state index in [0.717, 1.165) is 21.4 Å². The summed E-state index contributed by atoms with van der Waals surface area (Å²) in [5.41, 5.74) is 2.70. The van der Waals surface area contributed by atoms with Gasteiger partial charge in [-0.25, -0.2) is 8.78 Å². The molecule has 9 heteroatoms. The number of likely N-dealkylation sites (tertiary alicyclic amines) is 1. The number of carbonyl (C=O) groups excluding carboxylic acids is 2. The van der Waals surface area contributed by atoms with Gasteiger partial charge in [0.2, 0.25) is 5.91 Å². The van der Waals surface area contributed by atoms with Crippen molar-refractivity contribution in [3.05, 3.63) is 54.5 Å². The molecule has 0 aliphatic carbocycles. The third-order valence-corrected chi connectivity index (χ3v) is 5.39. The molecular formula is C22H19F2N5O2. The minimum absolute atomic E-state index is 0.308. The molecule has 2 aromatic heterocycles. The highest BCUT2D eigenvalue weighted by molar-refractivity contribution is 6.06. The van der Waals surface area contributed by atoms with E-state index in [0.29, 0.717) is 11.1 Å². The van der Waals surface area contributed by atoms with E-state index in [2.05, 4.69) is 10.3 Å². The quantitative estimate of drug-likeness (QED) is 0.699. The van der Waals surface area contributed by atoms with Gasteiger partial charge in [-0.3, -0.25) is 14.6 Å². The maximum absolute atomic E-state index is 13.6. The van der Waals surface area contributed by atoms with Crippen LogP contribution in [-0.2, 0) is 11.8 Å². The van der Waals surface area contributed by atoms with Crippen molar-refractivity contribution < 1.29 is 18.4 Å². The predicted octanol–water partition coefficient (Wildman–Crippen LogP) is 2.73. The number of nitrogens with one attached hydrogen (secondary N) is 1. The van der Waals surface area contributed by atoms with Gasteiger partial charge in [-0.2, -0.15) is 5.26 Å². The molecule has 3 heterocycles. The lowest BCUT2D eigenvalue weighted by atomic mass is 10.0. The molecule has 1 aliphatic rings. The van der Waals surface area contributed by atoms with Gasteiger partial charge >= 0.3 is 0 Å². The number of amides is 2. The Labute approximate surface area is 176 Å². The van der Waals surface area contributed by atoms with Crippen LogP contribution in [0, 0.1) is 11.3 Å². The van der Waals surface area contributed by atoms with Crippen molar-refractivity contribution in [2.24, 2.45) is 7.05 Å². The molecule has 1 aliphatic heterocycles. The first kappa shape index (κ1) is 20.5. The van der Waals surface area contributed by atoms with Crippen molar-refractivity contribution >= 4 is 22.7 Å². The second-order valence-electron chi connectivity index (χ2n) is 7.50. The summed E-state index contributed by atoms with van der Waals surface area (Å²) in [4.78, 5) is 30.2. The summed E-state index contributed by atoms with van der Waals surface area (Å²) in [6.07, 6.45) is 4.25. The lowest BCUT2D eigenvalue weighted by Crippen LogP contribution is -2.43. The van der Waals surface area contributed by atoms with Crippen molar-refractivity contribution in [3.63, 3.8) is 0 Å². The molecule has 0 spiro atoms. The van der Waals surface area contributed by atoms with Gasteiger partial charge < -0.3 is 14.8 Å². The number of benzene rings is 1. The number of alkyl halides is 2. The van der Waals surface area contributed by atoms with Crippen molar-refractivity contribution in [1.29, 1.82) is 5.26 Å². The minimum atomic E-state index is -3.10. The van der Waals surface area contributed by atoms with Crippen LogP contribution in [0.1, 0.15) is 16.8 Å². The molecule has 1 atom stereocenters. The fraction of sp³-hybridized carbons (Fsp3) is 0.273. The lowest BCUT2D eigenvalue weighted by molar-refractivity contribution is -0.131. The van der Waals surface area contributed by atoms with Crippen LogP contribution in [0.2, 0.25) is 0 Å². The first-order chi connectivity index (χ1) is 14.8. The van der Waals surface area contributed by atoms with E-state index >= 15 is 0 Å². The number of para-hydroxylation sites is 1. The second-order valence-corrected chi connectivity index (χ2v) is 7.50. The number of aromatic nitrogens is 2. The maximum Gasteiger partial charge on any atom is 0.268 e. The van der Waals surface area contributed by atoms with E-state index < -0.39 is 43.3 Å². The molecule has 1 N–H and O–H groups in total. The van der Waals surface area contributed by atoms with Crippen LogP contribution >= 0.6 is 0 Å². The van der Waals surface area contributed by atoms with Crippen molar-refractivity contribution in [3.8, 4) is 17.2 Å². The largest absolute Gasteiger partial charge is 0.350 e. The summed E-state index contributed by atoms with van der Waals surface area (Å²) in [5, 5.41) is 12.5. The Morgan fingerprint density at radius 3 is 2.84 bits per heavy atom. The third-order valence-electron chi connectivity index (χ3n) is 5.39. The summed E-state index contributed by atoms with van der Waals surface area (Å²) >= 11 is 0. The Morgan fingerprint density at radius 1 is 1.29 bits per heavy atom. The molecule has 0 radical (unpaired) electrons. The number of nitriles is 1. The van der Waals surface area contributed by atoms with E-state index in [4.69, 9.17) is 5.26 Å². The molecule has 0 bridgehead atoms. The SMILES string of the molecule is Cn1cc(-c2cnccc2C(=O)NCC(=O)N2CC(F)(F)CC2C#N)c2ccccc21. The number of hydrogen-bond acceptors (Lipinski definition) is 4. The van der Waals surface area contributed by atoms with Crippen LogP contribution in [0.4, 0.5) is 8.78 Å². The highest BCUT2D eigenvalue weighted by atomic mass is 19.3. The zero-order valence-electron chi connectivity index (χ0n) is 16.7. The fourth-order valence-electron chi connectivity index (χ4n) is 3.91. The zero-order valence-corrected chi connectivity index (χ0v) is 16.7. The van der Waals surface area contributed by atoms with Gasteiger partial charge in [0.15, 0.2) is 0 Å². The van der Waals surface area contributed by atoms with E-state index in [1.54, 1.807) is 18.3 Å². The molecule has 4 rings (SSSR count). The van der Waals surface area contributed by atoms with Gasteiger partial charge in [0.25, 0.3) is 11.8 Å². The van der Waals surface area contributed by atoms with Crippen LogP contribution in [0.3, 0.4) is 0 Å². The second kappa shape index (κ2) is 7.80. The number of carbonyl (C=O) groups is 2. The number of aryl methyl sites for hydroxylation is 1. The first-order valence-corrected chi connectivity index (χ1v) is 9.64. The summed E-state index contributed by atoms with van der Waals surface area (Å²) in [6.45, 7) is -1.30. The molecule has 1 unspecified atom stereocenters. The number of fused-ring (bicyclic) bond motifs is 1. The third kappa shape index (κ3) is 3.84. The Kier molecular flexibility index (Phi) is 5.15. The Hall–Kier alpha value is -3.80.